The number of nitrogens with zero attached hydrogens (tertiary/aromatic N) is 3. The number of aryl methyl sites for hydroxylation is 2. The van der Waals surface area contributed by atoms with Crippen LogP contribution < -0.4 is 4.72 Å². The quantitative estimate of drug-likeness (QED) is 0.934. The lowest BCUT2D eigenvalue weighted by Gasteiger charge is -2.09. The molecule has 2 rings (SSSR count). The minimum atomic E-state index is -4.15. The van der Waals surface area contributed by atoms with E-state index in [2.05, 4.69) is 14.7 Å². The maximum atomic E-state index is 13.5. The van der Waals surface area contributed by atoms with Crippen molar-refractivity contribution in [2.24, 2.45) is 0 Å². The summed E-state index contributed by atoms with van der Waals surface area (Å²) < 4.78 is 40.1. The molecule has 0 radical (unpaired) electrons. The SMILES string of the molecule is Cc1cc(C)nc(NS(=O)(=O)c2cccc(F)c2C#N)n1. The summed E-state index contributed by atoms with van der Waals surface area (Å²) in [6, 6.07) is 6.60. The lowest BCUT2D eigenvalue weighted by molar-refractivity contribution is 0.593. The molecule has 0 amide bonds. The zero-order valence-corrected chi connectivity index (χ0v) is 12.1. The van der Waals surface area contributed by atoms with Gasteiger partial charge >= 0.3 is 0 Å². The van der Waals surface area contributed by atoms with Crippen molar-refractivity contribution in [1.29, 1.82) is 5.26 Å². The van der Waals surface area contributed by atoms with Crippen LogP contribution in [0.4, 0.5) is 10.3 Å². The summed E-state index contributed by atoms with van der Waals surface area (Å²) >= 11 is 0. The molecule has 0 unspecified atom stereocenters. The van der Waals surface area contributed by atoms with Crippen LogP contribution in [0.5, 0.6) is 0 Å². The number of hydrogen-bond acceptors (Lipinski definition) is 5. The molecule has 8 heteroatoms. The van der Waals surface area contributed by atoms with Gasteiger partial charge in [0.15, 0.2) is 0 Å². The van der Waals surface area contributed by atoms with Crippen molar-refractivity contribution in [2.75, 3.05) is 4.72 Å². The molecule has 0 saturated carbocycles. The molecule has 2 aromatic rings. The van der Waals surface area contributed by atoms with E-state index in [1.807, 2.05) is 0 Å². The molecule has 1 heterocycles. The van der Waals surface area contributed by atoms with Gasteiger partial charge in [0.05, 0.1) is 0 Å². The number of sulfonamides is 1. The van der Waals surface area contributed by atoms with Crippen molar-refractivity contribution in [1.82, 2.24) is 9.97 Å². The molecule has 0 saturated heterocycles. The molecule has 1 aromatic carbocycles. The lowest BCUT2D eigenvalue weighted by atomic mass is 10.2. The Kier molecular flexibility index (Phi) is 3.86. The largest absolute Gasteiger partial charge is 0.265 e. The smallest absolute Gasteiger partial charge is 0.247 e. The van der Waals surface area contributed by atoms with Gasteiger partial charge in [-0.3, -0.25) is 0 Å². The highest BCUT2D eigenvalue weighted by atomic mass is 32.2. The molecule has 6 nitrogen and oxygen atoms in total. The second-order valence-corrected chi connectivity index (χ2v) is 5.96. The van der Waals surface area contributed by atoms with Crippen LogP contribution in [0.15, 0.2) is 29.2 Å². The predicted molar refractivity (Wildman–Crippen MR) is 73.4 cm³/mol. The van der Waals surface area contributed by atoms with Gasteiger partial charge in [-0.15, -0.1) is 0 Å². The third kappa shape index (κ3) is 3.14. The Labute approximate surface area is 121 Å². The fourth-order valence-corrected chi connectivity index (χ4v) is 2.89. The third-order valence-electron chi connectivity index (χ3n) is 2.58. The number of halogens is 1. The monoisotopic (exact) mass is 306 g/mol. The van der Waals surface area contributed by atoms with Crippen LogP contribution in [-0.4, -0.2) is 18.4 Å². The lowest BCUT2D eigenvalue weighted by Crippen LogP contribution is -2.17. The van der Waals surface area contributed by atoms with Gasteiger partial charge in [-0.2, -0.15) is 5.26 Å². The van der Waals surface area contributed by atoms with Crippen molar-refractivity contribution >= 4 is 16.0 Å². The third-order valence-corrected chi connectivity index (χ3v) is 3.96. The topological polar surface area (TPSA) is 95.7 Å². The van der Waals surface area contributed by atoms with Gasteiger partial charge in [0.25, 0.3) is 10.0 Å². The molecular weight excluding hydrogens is 295 g/mol. The summed E-state index contributed by atoms with van der Waals surface area (Å²) in [4.78, 5) is 7.44. The van der Waals surface area contributed by atoms with Gasteiger partial charge in [0.2, 0.25) is 5.95 Å². The van der Waals surface area contributed by atoms with E-state index in [-0.39, 0.29) is 5.95 Å². The minimum Gasteiger partial charge on any atom is -0.247 e. The van der Waals surface area contributed by atoms with Crippen LogP contribution in [-0.2, 0) is 10.0 Å². The maximum Gasteiger partial charge on any atom is 0.265 e. The van der Waals surface area contributed by atoms with Crippen LogP contribution in [0, 0.1) is 31.0 Å². The number of aromatic nitrogens is 2. The molecular formula is C13H11FN4O2S. The van der Waals surface area contributed by atoms with E-state index in [0.717, 1.165) is 12.1 Å². The summed E-state index contributed by atoms with van der Waals surface area (Å²) in [5.74, 6) is -1.03. The number of benzene rings is 1. The van der Waals surface area contributed by atoms with Gasteiger partial charge in [-0.05, 0) is 32.0 Å². The van der Waals surface area contributed by atoms with Gasteiger partial charge < -0.3 is 0 Å². The van der Waals surface area contributed by atoms with E-state index in [1.165, 1.54) is 6.07 Å². The maximum absolute atomic E-state index is 13.5. The summed E-state index contributed by atoms with van der Waals surface area (Å²) in [7, 11) is -4.15. The number of anilines is 1. The van der Waals surface area contributed by atoms with Crippen molar-refractivity contribution in [3.8, 4) is 6.07 Å². The summed E-state index contributed by atoms with van der Waals surface area (Å²) in [6.45, 7) is 3.38. The molecule has 0 fully saturated rings. The van der Waals surface area contributed by atoms with Crippen LogP contribution in [0.3, 0.4) is 0 Å². The molecule has 0 spiro atoms. The van der Waals surface area contributed by atoms with Crippen molar-refractivity contribution in [2.45, 2.75) is 18.7 Å². The number of hydrogen-bond donors (Lipinski definition) is 1. The highest BCUT2D eigenvalue weighted by molar-refractivity contribution is 7.92. The average molecular weight is 306 g/mol. The molecule has 0 aliphatic heterocycles. The normalized spacial score (nSPS) is 11.0. The first-order valence-electron chi connectivity index (χ1n) is 5.87. The second-order valence-electron chi connectivity index (χ2n) is 4.30. The zero-order chi connectivity index (χ0) is 15.6. The molecule has 0 aliphatic rings. The number of rotatable bonds is 3. The Hall–Kier alpha value is -2.53. The van der Waals surface area contributed by atoms with Gasteiger partial charge in [-0.25, -0.2) is 27.5 Å². The summed E-state index contributed by atoms with van der Waals surface area (Å²) in [5, 5.41) is 8.90. The first kappa shape index (κ1) is 14.9. The van der Waals surface area contributed by atoms with E-state index < -0.39 is 26.3 Å². The Morgan fingerprint density at radius 1 is 1.24 bits per heavy atom. The van der Waals surface area contributed by atoms with E-state index in [1.54, 1.807) is 26.0 Å². The summed E-state index contributed by atoms with van der Waals surface area (Å²) in [5.41, 5.74) is 0.620. The fourth-order valence-electron chi connectivity index (χ4n) is 1.78. The standard InChI is InChI=1S/C13H11FN4O2S/c1-8-6-9(2)17-13(16-8)18-21(19,20)12-5-3-4-11(14)10(12)7-15/h3-6H,1-2H3,(H,16,17,18). The molecule has 1 aromatic heterocycles. The van der Waals surface area contributed by atoms with Crippen molar-refractivity contribution in [3.63, 3.8) is 0 Å². The van der Waals surface area contributed by atoms with Crippen LogP contribution >= 0.6 is 0 Å². The van der Waals surface area contributed by atoms with E-state index in [9.17, 15) is 12.8 Å². The zero-order valence-electron chi connectivity index (χ0n) is 11.3. The Bertz CT molecular complexity index is 823. The van der Waals surface area contributed by atoms with E-state index >= 15 is 0 Å². The minimum absolute atomic E-state index is 0.124. The van der Waals surface area contributed by atoms with Gasteiger partial charge in [0.1, 0.15) is 22.3 Å². The van der Waals surface area contributed by atoms with Gasteiger partial charge in [-0.1, -0.05) is 6.07 Å². The average Bonchev–Trinajstić information content (AvgIpc) is 2.36. The molecule has 108 valence electrons. The van der Waals surface area contributed by atoms with Crippen LogP contribution in [0.2, 0.25) is 0 Å². The number of nitriles is 1. The highest BCUT2D eigenvalue weighted by Gasteiger charge is 2.22. The van der Waals surface area contributed by atoms with Crippen LogP contribution in [0.25, 0.3) is 0 Å². The summed E-state index contributed by atoms with van der Waals surface area (Å²) in [6.07, 6.45) is 0. The predicted octanol–water partition coefficient (Wildman–Crippen LogP) is 1.91. The first-order valence-corrected chi connectivity index (χ1v) is 7.35. The van der Waals surface area contributed by atoms with E-state index in [4.69, 9.17) is 5.26 Å². The van der Waals surface area contributed by atoms with E-state index in [0.29, 0.717) is 11.4 Å². The molecule has 0 atom stereocenters. The Balaban J connectivity index is 2.49. The molecule has 0 aliphatic carbocycles. The molecule has 1 N–H and O–H groups in total. The fraction of sp³-hybridized carbons (Fsp3) is 0.154. The number of nitrogens with one attached hydrogen (secondary N) is 1. The first-order chi connectivity index (χ1) is 9.83. The van der Waals surface area contributed by atoms with Crippen molar-refractivity contribution < 1.29 is 12.8 Å². The molecule has 21 heavy (non-hydrogen) atoms. The van der Waals surface area contributed by atoms with Crippen LogP contribution in [0.1, 0.15) is 17.0 Å². The van der Waals surface area contributed by atoms with Gasteiger partial charge in [0, 0.05) is 11.4 Å². The Morgan fingerprint density at radius 3 is 2.43 bits per heavy atom. The highest BCUT2D eigenvalue weighted by Crippen LogP contribution is 2.20. The van der Waals surface area contributed by atoms with Crippen molar-refractivity contribution in [3.05, 3.63) is 47.0 Å². The Morgan fingerprint density at radius 2 is 1.86 bits per heavy atom. The second kappa shape index (κ2) is 5.46. The molecule has 0 bridgehead atoms.